The Bertz CT molecular complexity index is 4220. The normalized spacial score (nSPS) is 11.5. The Balaban J connectivity index is 1.03. The van der Waals surface area contributed by atoms with E-state index in [4.69, 9.17) is 15.0 Å². The van der Waals surface area contributed by atoms with Gasteiger partial charge in [-0.2, -0.15) is 0 Å². The van der Waals surface area contributed by atoms with Crippen LogP contribution < -0.4 is 0 Å². The predicted molar refractivity (Wildman–Crippen MR) is 311 cm³/mol. The lowest BCUT2D eigenvalue weighted by Gasteiger charge is -2.21. The van der Waals surface area contributed by atoms with Gasteiger partial charge >= 0.3 is 0 Å². The summed E-state index contributed by atoms with van der Waals surface area (Å²) in [6.07, 6.45) is 0. The molecule has 0 saturated heterocycles. The third-order valence-corrected chi connectivity index (χ3v) is 15.4. The SMILES string of the molecule is c1ccc(-c2ccc(-c3nc(-c4cc(-c5ccccc5)c(-n5c6ccc(-c7ccccc7)cc6c6cc(-c7ccccc7)ccc65)c(-c5ccccc5)c4)nc(-c4ccc5c(c4)sc4ccccc45)n3)cc2)cc1. The molecule has 0 amide bonds. The van der Waals surface area contributed by atoms with Gasteiger partial charge in [-0.3, -0.25) is 0 Å². The molecular weight excluding hydrogens is 917 g/mol. The molecule has 0 radical (unpaired) electrons. The number of fused-ring (bicyclic) bond motifs is 6. The maximum Gasteiger partial charge on any atom is 0.164 e. The molecule has 0 bridgehead atoms. The summed E-state index contributed by atoms with van der Waals surface area (Å²) in [5.74, 6) is 1.82. The summed E-state index contributed by atoms with van der Waals surface area (Å²) in [5.41, 5.74) is 17.3. The van der Waals surface area contributed by atoms with Gasteiger partial charge in [0, 0.05) is 58.8 Å². The summed E-state index contributed by atoms with van der Waals surface area (Å²) in [7, 11) is 0. The molecule has 3 heterocycles. The molecule has 14 rings (SSSR count). The summed E-state index contributed by atoms with van der Waals surface area (Å²) in [6.45, 7) is 0. The molecule has 0 N–H and O–H groups in total. The maximum atomic E-state index is 5.44. The molecule has 0 fully saturated rings. The van der Waals surface area contributed by atoms with Crippen LogP contribution in [-0.4, -0.2) is 19.5 Å². The van der Waals surface area contributed by atoms with Gasteiger partial charge < -0.3 is 4.57 Å². The zero-order chi connectivity index (χ0) is 49.0. The van der Waals surface area contributed by atoms with Gasteiger partial charge in [0.25, 0.3) is 0 Å². The molecule has 346 valence electrons. The molecule has 0 saturated carbocycles. The minimum atomic E-state index is 0.594. The summed E-state index contributed by atoms with van der Waals surface area (Å²) < 4.78 is 4.94. The molecule has 0 unspecified atom stereocenters. The molecule has 14 aromatic rings. The van der Waals surface area contributed by atoms with Gasteiger partial charge in [0.15, 0.2) is 17.5 Å². The van der Waals surface area contributed by atoms with Crippen molar-refractivity contribution in [3.05, 3.63) is 267 Å². The first-order valence-corrected chi connectivity index (χ1v) is 25.8. The van der Waals surface area contributed by atoms with Crippen LogP contribution in [0.5, 0.6) is 0 Å². The van der Waals surface area contributed by atoms with E-state index in [-0.39, 0.29) is 0 Å². The number of benzene rings is 11. The Morgan fingerprint density at radius 2 is 0.622 bits per heavy atom. The fourth-order valence-corrected chi connectivity index (χ4v) is 11.8. The Hall–Kier alpha value is -9.55. The van der Waals surface area contributed by atoms with Crippen LogP contribution in [0.15, 0.2) is 267 Å². The van der Waals surface area contributed by atoms with Crippen molar-refractivity contribution in [1.82, 2.24) is 19.5 Å². The van der Waals surface area contributed by atoms with E-state index < -0.39 is 0 Å². The first-order chi connectivity index (χ1) is 36.7. The van der Waals surface area contributed by atoms with Crippen LogP contribution >= 0.6 is 11.3 Å². The zero-order valence-electron chi connectivity index (χ0n) is 40.1. The van der Waals surface area contributed by atoms with E-state index >= 15 is 0 Å². The molecule has 4 nitrogen and oxygen atoms in total. The molecule has 0 atom stereocenters. The molecule has 0 aliphatic rings. The maximum absolute atomic E-state index is 5.44. The third kappa shape index (κ3) is 7.75. The first-order valence-electron chi connectivity index (χ1n) is 25.0. The van der Waals surface area contributed by atoms with Gasteiger partial charge in [0.05, 0.1) is 16.7 Å². The van der Waals surface area contributed by atoms with Crippen molar-refractivity contribution < 1.29 is 0 Å². The van der Waals surface area contributed by atoms with Crippen LogP contribution in [-0.2, 0) is 0 Å². The average Bonchev–Trinajstić information content (AvgIpc) is 4.03. The van der Waals surface area contributed by atoms with Gasteiger partial charge in [-0.25, -0.2) is 15.0 Å². The molecule has 0 aliphatic heterocycles. The van der Waals surface area contributed by atoms with E-state index in [1.54, 1.807) is 11.3 Å². The molecule has 0 aliphatic carbocycles. The van der Waals surface area contributed by atoms with Crippen LogP contribution in [0, 0.1) is 0 Å². The van der Waals surface area contributed by atoms with E-state index in [9.17, 15) is 0 Å². The van der Waals surface area contributed by atoms with E-state index in [1.807, 2.05) is 6.07 Å². The highest BCUT2D eigenvalue weighted by atomic mass is 32.1. The number of thiophene rings is 1. The van der Waals surface area contributed by atoms with E-state index in [2.05, 4.69) is 265 Å². The number of nitrogens with zero attached hydrogens (tertiary/aromatic N) is 4. The lowest BCUT2D eigenvalue weighted by molar-refractivity contribution is 1.07. The lowest BCUT2D eigenvalue weighted by Crippen LogP contribution is -2.04. The molecule has 11 aromatic carbocycles. The third-order valence-electron chi connectivity index (χ3n) is 14.3. The van der Waals surface area contributed by atoms with Gasteiger partial charge in [-0.15, -0.1) is 11.3 Å². The Labute approximate surface area is 432 Å². The van der Waals surface area contributed by atoms with Crippen molar-refractivity contribution in [3.63, 3.8) is 0 Å². The Kier molecular flexibility index (Phi) is 10.7. The van der Waals surface area contributed by atoms with Gasteiger partial charge in [0.2, 0.25) is 0 Å². The fourth-order valence-electron chi connectivity index (χ4n) is 10.6. The van der Waals surface area contributed by atoms with Crippen LogP contribution in [0.1, 0.15) is 0 Å². The van der Waals surface area contributed by atoms with Crippen molar-refractivity contribution >= 4 is 53.3 Å². The minimum absolute atomic E-state index is 0.594. The summed E-state index contributed by atoms with van der Waals surface area (Å²) in [4.78, 5) is 16.1. The number of hydrogen-bond donors (Lipinski definition) is 0. The van der Waals surface area contributed by atoms with Gasteiger partial charge in [0.1, 0.15) is 0 Å². The largest absolute Gasteiger partial charge is 0.308 e. The second kappa shape index (κ2) is 18.2. The average molecular weight is 961 g/mol. The number of hydrogen-bond acceptors (Lipinski definition) is 4. The van der Waals surface area contributed by atoms with Gasteiger partial charge in [-0.05, 0) is 93.0 Å². The molecule has 3 aromatic heterocycles. The highest BCUT2D eigenvalue weighted by Gasteiger charge is 2.24. The number of aromatic nitrogens is 4. The van der Waals surface area contributed by atoms with E-state index in [1.165, 1.54) is 53.2 Å². The molecule has 74 heavy (non-hydrogen) atoms. The highest BCUT2D eigenvalue weighted by Crippen LogP contribution is 2.45. The predicted octanol–water partition coefficient (Wildman–Crippen LogP) is 18.7. The second-order valence-corrected chi connectivity index (χ2v) is 19.8. The lowest BCUT2D eigenvalue weighted by atomic mass is 9.92. The topological polar surface area (TPSA) is 43.6 Å². The van der Waals surface area contributed by atoms with Crippen LogP contribution in [0.3, 0.4) is 0 Å². The van der Waals surface area contributed by atoms with Gasteiger partial charge in [-0.1, -0.05) is 218 Å². The molecular formula is C69H44N4S. The van der Waals surface area contributed by atoms with Crippen molar-refractivity contribution in [2.24, 2.45) is 0 Å². The molecule has 0 spiro atoms. The number of rotatable bonds is 9. The van der Waals surface area contributed by atoms with Crippen molar-refractivity contribution in [3.8, 4) is 95.5 Å². The summed E-state index contributed by atoms with van der Waals surface area (Å²) >= 11 is 1.80. The van der Waals surface area contributed by atoms with Crippen LogP contribution in [0.25, 0.3) is 137 Å². The monoisotopic (exact) mass is 960 g/mol. The van der Waals surface area contributed by atoms with Crippen molar-refractivity contribution in [2.45, 2.75) is 0 Å². The Morgan fingerprint density at radius 3 is 1.15 bits per heavy atom. The van der Waals surface area contributed by atoms with Crippen molar-refractivity contribution in [1.29, 1.82) is 0 Å². The first kappa shape index (κ1) is 43.3. The highest BCUT2D eigenvalue weighted by molar-refractivity contribution is 7.25. The Morgan fingerprint density at radius 1 is 0.243 bits per heavy atom. The second-order valence-electron chi connectivity index (χ2n) is 18.7. The standard InChI is InChI=1S/C69H44N4S/c1-6-18-45(19-7-1)48-30-32-51(33-31-48)67-70-68(54-34-37-57-56-28-16-17-29-64(56)74-65(57)44-54)72-69(71-67)55-42-58(49-24-12-4-13-25-49)66(59(43-55)50-26-14-5-15-27-50)73-62-38-35-52(46-20-8-2-9-21-46)40-60(62)61-41-53(36-39-63(61)73)47-22-10-3-11-23-47/h1-44H. The quantitative estimate of drug-likeness (QED) is 0.145. The summed E-state index contributed by atoms with van der Waals surface area (Å²) in [5, 5.41) is 4.85. The van der Waals surface area contributed by atoms with E-state index in [0.717, 1.165) is 66.8 Å². The van der Waals surface area contributed by atoms with E-state index in [0.29, 0.717) is 17.5 Å². The van der Waals surface area contributed by atoms with Crippen molar-refractivity contribution in [2.75, 3.05) is 0 Å². The minimum Gasteiger partial charge on any atom is -0.308 e. The zero-order valence-corrected chi connectivity index (χ0v) is 40.9. The molecule has 5 heteroatoms. The summed E-state index contributed by atoms with van der Waals surface area (Å²) in [6, 6.07) is 95.6. The smallest absolute Gasteiger partial charge is 0.164 e. The fraction of sp³-hybridized carbons (Fsp3) is 0. The van der Waals surface area contributed by atoms with Crippen LogP contribution in [0.2, 0.25) is 0 Å². The van der Waals surface area contributed by atoms with Crippen LogP contribution in [0.4, 0.5) is 0 Å².